The van der Waals surface area contributed by atoms with Gasteiger partial charge in [0.25, 0.3) is 5.91 Å². The fraction of sp³-hybridized carbons (Fsp3) is 0.0588. The molecule has 0 saturated heterocycles. The summed E-state index contributed by atoms with van der Waals surface area (Å²) in [5.41, 5.74) is 1.09. The lowest BCUT2D eigenvalue weighted by atomic mass is 10.1. The van der Waals surface area contributed by atoms with Gasteiger partial charge < -0.3 is 9.73 Å². The first-order valence-electron chi connectivity index (χ1n) is 7.44. The van der Waals surface area contributed by atoms with Crippen LogP contribution in [-0.2, 0) is 16.6 Å². The first kappa shape index (κ1) is 17.8. The fourth-order valence-corrected chi connectivity index (χ4v) is 2.82. The normalized spacial score (nSPS) is 11.3. The zero-order valence-corrected chi connectivity index (χ0v) is 14.2. The van der Waals surface area contributed by atoms with Crippen LogP contribution in [0.15, 0.2) is 64.2 Å². The molecule has 1 aromatic heterocycles. The molecule has 1 amide bonds. The summed E-state index contributed by atoms with van der Waals surface area (Å²) >= 11 is 0. The van der Waals surface area contributed by atoms with Gasteiger partial charge in [0.1, 0.15) is 5.82 Å². The fourth-order valence-electron chi connectivity index (χ4n) is 2.31. The van der Waals surface area contributed by atoms with Crippen molar-refractivity contribution in [2.75, 3.05) is 0 Å². The van der Waals surface area contributed by atoms with Crippen molar-refractivity contribution in [2.24, 2.45) is 5.14 Å². The molecule has 3 aromatic rings. The number of primary sulfonamides is 1. The second kappa shape index (κ2) is 7.06. The van der Waals surface area contributed by atoms with E-state index in [-0.39, 0.29) is 22.9 Å². The second-order valence-corrected chi connectivity index (χ2v) is 6.97. The summed E-state index contributed by atoms with van der Waals surface area (Å²) in [5, 5.41) is 7.68. The SMILES string of the molecule is NS(=O)(=O)c1ccc(CNC(=O)c2ncoc2-c2cccc(F)c2)cc1. The Morgan fingerprint density at radius 1 is 1.19 bits per heavy atom. The second-order valence-electron chi connectivity index (χ2n) is 5.41. The predicted octanol–water partition coefficient (Wildman–Crippen LogP) is 2.06. The van der Waals surface area contributed by atoms with Crippen LogP contribution in [-0.4, -0.2) is 19.3 Å². The molecule has 0 fully saturated rings. The van der Waals surface area contributed by atoms with E-state index in [9.17, 15) is 17.6 Å². The summed E-state index contributed by atoms with van der Waals surface area (Å²) in [6, 6.07) is 11.4. The van der Waals surface area contributed by atoms with Crippen LogP contribution in [0.25, 0.3) is 11.3 Å². The highest BCUT2D eigenvalue weighted by atomic mass is 32.2. The number of oxazole rings is 1. The van der Waals surface area contributed by atoms with E-state index in [4.69, 9.17) is 9.56 Å². The van der Waals surface area contributed by atoms with E-state index in [0.717, 1.165) is 6.39 Å². The summed E-state index contributed by atoms with van der Waals surface area (Å²) in [5.74, 6) is -0.805. The average molecular weight is 375 g/mol. The molecule has 0 aliphatic carbocycles. The number of carbonyl (C=O) groups excluding carboxylic acids is 1. The van der Waals surface area contributed by atoms with Gasteiger partial charge in [0.05, 0.1) is 4.90 Å². The molecule has 2 aromatic carbocycles. The molecule has 7 nitrogen and oxygen atoms in total. The van der Waals surface area contributed by atoms with Gasteiger partial charge in [-0.25, -0.2) is 22.9 Å². The Balaban J connectivity index is 1.73. The minimum Gasteiger partial charge on any atom is -0.443 e. The number of rotatable bonds is 5. The maximum Gasteiger partial charge on any atom is 0.274 e. The molecular formula is C17H14FN3O4S. The predicted molar refractivity (Wildman–Crippen MR) is 90.9 cm³/mol. The standard InChI is InChI=1S/C17H14FN3O4S/c18-13-3-1-2-12(8-13)16-15(21-10-25-16)17(22)20-9-11-4-6-14(7-5-11)26(19,23)24/h1-8,10H,9H2,(H,20,22)(H2,19,23,24). The number of carbonyl (C=O) groups is 1. The highest BCUT2D eigenvalue weighted by Gasteiger charge is 2.18. The molecule has 1 heterocycles. The van der Waals surface area contributed by atoms with E-state index >= 15 is 0 Å². The molecule has 0 aliphatic heterocycles. The molecule has 0 atom stereocenters. The number of halogens is 1. The summed E-state index contributed by atoms with van der Waals surface area (Å²) in [6.45, 7) is 0.138. The van der Waals surface area contributed by atoms with Crippen molar-refractivity contribution in [1.82, 2.24) is 10.3 Å². The monoisotopic (exact) mass is 375 g/mol. The van der Waals surface area contributed by atoms with Gasteiger partial charge >= 0.3 is 0 Å². The number of hydrogen-bond donors (Lipinski definition) is 2. The van der Waals surface area contributed by atoms with Crippen LogP contribution in [0.5, 0.6) is 0 Å². The van der Waals surface area contributed by atoms with Gasteiger partial charge in [-0.05, 0) is 29.8 Å². The molecule has 0 saturated carbocycles. The zero-order chi connectivity index (χ0) is 18.7. The smallest absolute Gasteiger partial charge is 0.274 e. The third kappa shape index (κ3) is 3.95. The Hall–Kier alpha value is -3.04. The lowest BCUT2D eigenvalue weighted by Gasteiger charge is -2.06. The summed E-state index contributed by atoms with van der Waals surface area (Å²) in [6.07, 6.45) is 1.11. The number of nitrogens with one attached hydrogen (secondary N) is 1. The molecule has 0 aliphatic rings. The van der Waals surface area contributed by atoms with Crippen molar-refractivity contribution < 1.29 is 22.0 Å². The highest BCUT2D eigenvalue weighted by molar-refractivity contribution is 7.89. The van der Waals surface area contributed by atoms with Gasteiger partial charge in [0.2, 0.25) is 10.0 Å². The molecule has 9 heteroatoms. The van der Waals surface area contributed by atoms with E-state index in [2.05, 4.69) is 10.3 Å². The van der Waals surface area contributed by atoms with E-state index in [0.29, 0.717) is 11.1 Å². The van der Waals surface area contributed by atoms with Crippen LogP contribution < -0.4 is 10.5 Å². The van der Waals surface area contributed by atoms with Gasteiger partial charge in [-0.15, -0.1) is 0 Å². The summed E-state index contributed by atoms with van der Waals surface area (Å²) in [7, 11) is -3.77. The Kier molecular flexibility index (Phi) is 4.83. The van der Waals surface area contributed by atoms with Crippen molar-refractivity contribution in [1.29, 1.82) is 0 Å². The topological polar surface area (TPSA) is 115 Å². The van der Waals surface area contributed by atoms with E-state index < -0.39 is 21.7 Å². The summed E-state index contributed by atoms with van der Waals surface area (Å²) in [4.78, 5) is 16.2. The van der Waals surface area contributed by atoms with Crippen molar-refractivity contribution in [2.45, 2.75) is 11.4 Å². The van der Waals surface area contributed by atoms with Gasteiger partial charge in [-0.3, -0.25) is 4.79 Å². The van der Waals surface area contributed by atoms with E-state index in [1.54, 1.807) is 6.07 Å². The van der Waals surface area contributed by atoms with Crippen LogP contribution in [0.3, 0.4) is 0 Å². The molecule has 3 rings (SSSR count). The van der Waals surface area contributed by atoms with E-state index in [1.165, 1.54) is 42.5 Å². The number of aromatic nitrogens is 1. The first-order valence-corrected chi connectivity index (χ1v) is 8.98. The average Bonchev–Trinajstić information content (AvgIpc) is 3.09. The number of amides is 1. The Bertz CT molecular complexity index is 1050. The van der Waals surface area contributed by atoms with Crippen LogP contribution in [0, 0.1) is 5.82 Å². The lowest BCUT2D eigenvalue weighted by Crippen LogP contribution is -2.23. The number of benzene rings is 2. The van der Waals surface area contributed by atoms with Crippen LogP contribution in [0.1, 0.15) is 16.1 Å². The molecule has 26 heavy (non-hydrogen) atoms. The molecule has 0 bridgehead atoms. The molecular weight excluding hydrogens is 361 g/mol. The van der Waals surface area contributed by atoms with Crippen molar-refractivity contribution >= 4 is 15.9 Å². The number of hydrogen-bond acceptors (Lipinski definition) is 5. The third-order valence-electron chi connectivity index (χ3n) is 3.57. The molecule has 0 unspecified atom stereocenters. The van der Waals surface area contributed by atoms with E-state index in [1.807, 2.05) is 0 Å². The van der Waals surface area contributed by atoms with Gasteiger partial charge in [-0.1, -0.05) is 24.3 Å². The quantitative estimate of drug-likeness (QED) is 0.708. The molecule has 0 radical (unpaired) electrons. The molecule has 3 N–H and O–H groups in total. The van der Waals surface area contributed by atoms with Crippen molar-refractivity contribution in [3.05, 3.63) is 72.0 Å². The highest BCUT2D eigenvalue weighted by Crippen LogP contribution is 2.23. The Labute approximate surface area is 148 Å². The third-order valence-corrected chi connectivity index (χ3v) is 4.50. The first-order chi connectivity index (χ1) is 12.3. The summed E-state index contributed by atoms with van der Waals surface area (Å²) < 4.78 is 41.0. The number of nitrogens with two attached hydrogens (primary N) is 1. The number of sulfonamides is 1. The Morgan fingerprint density at radius 2 is 1.92 bits per heavy atom. The van der Waals surface area contributed by atoms with Gasteiger partial charge in [0.15, 0.2) is 17.8 Å². The zero-order valence-electron chi connectivity index (χ0n) is 13.3. The minimum atomic E-state index is -3.77. The minimum absolute atomic E-state index is 0.0162. The lowest BCUT2D eigenvalue weighted by molar-refractivity contribution is 0.0946. The van der Waals surface area contributed by atoms with Gasteiger partial charge in [-0.2, -0.15) is 0 Å². The van der Waals surface area contributed by atoms with Crippen LogP contribution in [0.2, 0.25) is 0 Å². The van der Waals surface area contributed by atoms with Gasteiger partial charge in [0, 0.05) is 12.1 Å². The Morgan fingerprint density at radius 3 is 2.58 bits per heavy atom. The molecule has 134 valence electrons. The number of nitrogens with zero attached hydrogens (tertiary/aromatic N) is 1. The van der Waals surface area contributed by atoms with Crippen molar-refractivity contribution in [3.8, 4) is 11.3 Å². The van der Waals surface area contributed by atoms with Crippen molar-refractivity contribution in [3.63, 3.8) is 0 Å². The molecule has 0 spiro atoms. The maximum atomic E-state index is 13.4. The largest absolute Gasteiger partial charge is 0.443 e. The van der Waals surface area contributed by atoms with Crippen LogP contribution in [0.4, 0.5) is 4.39 Å². The maximum absolute atomic E-state index is 13.4. The van der Waals surface area contributed by atoms with Crippen LogP contribution >= 0.6 is 0 Å².